The Morgan fingerprint density at radius 1 is 1.15 bits per heavy atom. The molecule has 0 atom stereocenters. The molecule has 0 spiro atoms. The summed E-state index contributed by atoms with van der Waals surface area (Å²) in [6.45, 7) is 7.82. The molecule has 0 aliphatic heterocycles. The summed E-state index contributed by atoms with van der Waals surface area (Å²) in [6.07, 6.45) is 6.94. The van der Waals surface area contributed by atoms with E-state index in [1.165, 1.54) is 37.7 Å². The van der Waals surface area contributed by atoms with Crippen molar-refractivity contribution in [2.24, 2.45) is 5.92 Å². The fraction of sp³-hybridized carbons (Fsp3) is 0.667. The maximum absolute atomic E-state index is 5.49. The van der Waals surface area contributed by atoms with Crippen LogP contribution in [0, 0.1) is 5.92 Å². The van der Waals surface area contributed by atoms with Gasteiger partial charge in [0.1, 0.15) is 5.75 Å². The van der Waals surface area contributed by atoms with Gasteiger partial charge in [0.2, 0.25) is 0 Å². The predicted molar refractivity (Wildman–Crippen MR) is 86.8 cm³/mol. The molecule has 112 valence electrons. The summed E-state index contributed by atoms with van der Waals surface area (Å²) in [7, 11) is 1.75. The lowest BCUT2D eigenvalue weighted by Crippen LogP contribution is -2.18. The fourth-order valence-electron chi connectivity index (χ4n) is 2.96. The quantitative estimate of drug-likeness (QED) is 0.836. The van der Waals surface area contributed by atoms with Crippen LogP contribution in [0.15, 0.2) is 18.2 Å². The van der Waals surface area contributed by atoms with Gasteiger partial charge in [-0.15, -0.1) is 0 Å². The Hall–Kier alpha value is -1.18. The van der Waals surface area contributed by atoms with Gasteiger partial charge in [-0.2, -0.15) is 0 Å². The van der Waals surface area contributed by atoms with Crippen molar-refractivity contribution >= 4 is 5.69 Å². The van der Waals surface area contributed by atoms with Gasteiger partial charge in [0.05, 0.1) is 12.8 Å². The van der Waals surface area contributed by atoms with Gasteiger partial charge >= 0.3 is 0 Å². The second-order valence-electron chi connectivity index (χ2n) is 7.05. The third-order valence-corrected chi connectivity index (χ3v) is 4.37. The molecular formula is C18H29NO. The van der Waals surface area contributed by atoms with Gasteiger partial charge in [0.15, 0.2) is 0 Å². The van der Waals surface area contributed by atoms with Crippen LogP contribution in [0.3, 0.4) is 0 Å². The minimum absolute atomic E-state index is 0.174. The van der Waals surface area contributed by atoms with Gasteiger partial charge in [-0.05, 0) is 41.9 Å². The van der Waals surface area contributed by atoms with E-state index >= 15 is 0 Å². The lowest BCUT2D eigenvalue weighted by Gasteiger charge is -2.24. The van der Waals surface area contributed by atoms with Gasteiger partial charge in [0.25, 0.3) is 0 Å². The molecule has 0 aromatic heterocycles. The highest BCUT2D eigenvalue weighted by molar-refractivity contribution is 5.59. The average Bonchev–Trinajstić information content (AvgIpc) is 2.45. The van der Waals surface area contributed by atoms with E-state index in [4.69, 9.17) is 4.74 Å². The third kappa shape index (κ3) is 3.91. The molecule has 2 nitrogen and oxygen atoms in total. The number of methoxy groups -OCH3 is 1. The molecule has 0 bridgehead atoms. The van der Waals surface area contributed by atoms with Crippen molar-refractivity contribution in [3.8, 4) is 5.75 Å². The standard InChI is InChI=1S/C18H29NO/c1-18(2,3)15-10-11-17(20-4)16(12-15)19-13-14-8-6-5-7-9-14/h10-12,14,19H,5-9,13H2,1-4H3. The van der Waals surface area contributed by atoms with Crippen LogP contribution in [0.5, 0.6) is 5.75 Å². The Kier molecular flexibility index (Phi) is 4.95. The van der Waals surface area contributed by atoms with Crippen LogP contribution in [0.1, 0.15) is 58.4 Å². The highest BCUT2D eigenvalue weighted by Gasteiger charge is 2.17. The molecule has 1 fully saturated rings. The van der Waals surface area contributed by atoms with Crippen molar-refractivity contribution in [1.82, 2.24) is 0 Å². The molecule has 0 radical (unpaired) electrons. The molecule has 0 unspecified atom stereocenters. The molecule has 1 N–H and O–H groups in total. The molecule has 2 rings (SSSR count). The van der Waals surface area contributed by atoms with Crippen LogP contribution in [0.4, 0.5) is 5.69 Å². The Balaban J connectivity index is 2.07. The lowest BCUT2D eigenvalue weighted by atomic mass is 9.86. The van der Waals surface area contributed by atoms with Crippen molar-refractivity contribution in [2.45, 2.75) is 58.3 Å². The highest BCUT2D eigenvalue weighted by atomic mass is 16.5. The third-order valence-electron chi connectivity index (χ3n) is 4.37. The van der Waals surface area contributed by atoms with E-state index in [2.05, 4.69) is 44.3 Å². The fourth-order valence-corrected chi connectivity index (χ4v) is 2.96. The summed E-state index contributed by atoms with van der Waals surface area (Å²) in [5, 5.41) is 3.62. The van der Waals surface area contributed by atoms with Crippen LogP contribution in [0.25, 0.3) is 0 Å². The highest BCUT2D eigenvalue weighted by Crippen LogP contribution is 2.32. The zero-order valence-electron chi connectivity index (χ0n) is 13.5. The summed E-state index contributed by atoms with van der Waals surface area (Å²) in [5.74, 6) is 1.78. The first kappa shape index (κ1) is 15.2. The number of anilines is 1. The van der Waals surface area contributed by atoms with E-state index in [-0.39, 0.29) is 5.41 Å². The molecule has 0 amide bonds. The number of hydrogen-bond acceptors (Lipinski definition) is 2. The first-order valence-corrected chi connectivity index (χ1v) is 7.93. The van der Waals surface area contributed by atoms with Crippen LogP contribution < -0.4 is 10.1 Å². The van der Waals surface area contributed by atoms with E-state index in [1.54, 1.807) is 7.11 Å². The maximum Gasteiger partial charge on any atom is 0.141 e. The van der Waals surface area contributed by atoms with Crippen molar-refractivity contribution < 1.29 is 4.74 Å². The molecular weight excluding hydrogens is 246 g/mol. The van der Waals surface area contributed by atoms with Crippen molar-refractivity contribution in [2.75, 3.05) is 19.0 Å². The van der Waals surface area contributed by atoms with Gasteiger partial charge in [-0.1, -0.05) is 46.1 Å². The summed E-state index contributed by atoms with van der Waals surface area (Å²) >= 11 is 0. The van der Waals surface area contributed by atoms with Gasteiger partial charge in [-0.25, -0.2) is 0 Å². The molecule has 1 aliphatic carbocycles. The Morgan fingerprint density at radius 2 is 1.85 bits per heavy atom. The summed E-state index contributed by atoms with van der Waals surface area (Å²) in [5.41, 5.74) is 2.67. The van der Waals surface area contributed by atoms with Crippen LogP contribution in [-0.4, -0.2) is 13.7 Å². The number of rotatable bonds is 4. The SMILES string of the molecule is COc1ccc(C(C)(C)C)cc1NCC1CCCCC1. The normalized spacial score (nSPS) is 17.0. The Morgan fingerprint density at radius 3 is 2.45 bits per heavy atom. The average molecular weight is 275 g/mol. The molecule has 1 saturated carbocycles. The van der Waals surface area contributed by atoms with Gasteiger partial charge in [-0.3, -0.25) is 0 Å². The minimum Gasteiger partial charge on any atom is -0.495 e. The molecule has 1 aliphatic rings. The molecule has 0 heterocycles. The van der Waals surface area contributed by atoms with Crippen molar-refractivity contribution in [1.29, 1.82) is 0 Å². The van der Waals surface area contributed by atoms with E-state index in [0.717, 1.165) is 23.9 Å². The van der Waals surface area contributed by atoms with Crippen molar-refractivity contribution in [3.05, 3.63) is 23.8 Å². The number of ether oxygens (including phenoxy) is 1. The predicted octanol–water partition coefficient (Wildman–Crippen LogP) is 4.98. The lowest BCUT2D eigenvalue weighted by molar-refractivity contribution is 0.372. The molecule has 20 heavy (non-hydrogen) atoms. The number of nitrogens with one attached hydrogen (secondary N) is 1. The van der Waals surface area contributed by atoms with Crippen LogP contribution in [-0.2, 0) is 5.41 Å². The summed E-state index contributed by atoms with van der Waals surface area (Å²) in [4.78, 5) is 0. The summed E-state index contributed by atoms with van der Waals surface area (Å²) < 4.78 is 5.49. The van der Waals surface area contributed by atoms with Gasteiger partial charge < -0.3 is 10.1 Å². The Bertz CT molecular complexity index is 428. The van der Waals surface area contributed by atoms with Gasteiger partial charge in [0, 0.05) is 6.54 Å². The second-order valence-corrected chi connectivity index (χ2v) is 7.05. The van der Waals surface area contributed by atoms with Crippen LogP contribution in [0.2, 0.25) is 0 Å². The molecule has 2 heteroatoms. The number of hydrogen-bond donors (Lipinski definition) is 1. The van der Waals surface area contributed by atoms with E-state index in [9.17, 15) is 0 Å². The zero-order valence-corrected chi connectivity index (χ0v) is 13.5. The summed E-state index contributed by atoms with van der Waals surface area (Å²) in [6, 6.07) is 6.51. The molecule has 0 saturated heterocycles. The maximum atomic E-state index is 5.49. The first-order chi connectivity index (χ1) is 9.50. The number of benzene rings is 1. The van der Waals surface area contributed by atoms with E-state index in [1.807, 2.05) is 0 Å². The monoisotopic (exact) mass is 275 g/mol. The van der Waals surface area contributed by atoms with Crippen LogP contribution >= 0.6 is 0 Å². The second kappa shape index (κ2) is 6.51. The van der Waals surface area contributed by atoms with E-state index < -0.39 is 0 Å². The van der Waals surface area contributed by atoms with E-state index in [0.29, 0.717) is 0 Å². The molecule has 1 aromatic carbocycles. The molecule has 1 aromatic rings. The largest absolute Gasteiger partial charge is 0.495 e. The smallest absolute Gasteiger partial charge is 0.141 e. The minimum atomic E-state index is 0.174. The zero-order chi connectivity index (χ0) is 14.6. The Labute approximate surface area is 123 Å². The first-order valence-electron chi connectivity index (χ1n) is 7.93. The topological polar surface area (TPSA) is 21.3 Å². The van der Waals surface area contributed by atoms with Crippen molar-refractivity contribution in [3.63, 3.8) is 0 Å².